The number of ether oxygens (including phenoxy) is 3. The molecule has 0 saturated heterocycles. The molecule has 7 nitrogen and oxygen atoms in total. The molecule has 1 rings (SSSR count). The molecule has 1 N–H and O–H groups in total. The summed E-state index contributed by atoms with van der Waals surface area (Å²) in [5.74, 6) is 0.432. The highest BCUT2D eigenvalue weighted by atomic mass is 16.5. The molecule has 1 aromatic heterocycles. The first kappa shape index (κ1) is 12.4. The molecule has 16 heavy (non-hydrogen) atoms. The summed E-state index contributed by atoms with van der Waals surface area (Å²) in [6, 6.07) is 0.443. The minimum Gasteiger partial charge on any atom is -0.467 e. The van der Waals surface area contributed by atoms with Gasteiger partial charge in [-0.25, -0.2) is 0 Å². The molecule has 0 unspecified atom stereocenters. The molecule has 0 fully saturated rings. The quantitative estimate of drug-likeness (QED) is 0.674. The molecule has 7 heteroatoms. The van der Waals surface area contributed by atoms with Gasteiger partial charge in [0.05, 0.1) is 13.7 Å². The zero-order valence-electron chi connectivity index (χ0n) is 9.69. The van der Waals surface area contributed by atoms with Gasteiger partial charge in [0.15, 0.2) is 0 Å². The molecule has 1 aromatic rings. The van der Waals surface area contributed by atoms with Crippen molar-refractivity contribution >= 4 is 5.95 Å². The smallest absolute Gasteiger partial charge is 0.324 e. The fraction of sp³-hybridized carbons (Fsp3) is 0.667. The van der Waals surface area contributed by atoms with Crippen LogP contribution in [-0.4, -0.2) is 48.9 Å². The number of aromatic nitrogens is 3. The number of nitrogens with one attached hydrogen (secondary N) is 1. The Labute approximate surface area is 94.2 Å². The largest absolute Gasteiger partial charge is 0.467 e. The Morgan fingerprint density at radius 1 is 1.06 bits per heavy atom. The Morgan fingerprint density at radius 2 is 1.81 bits per heavy atom. The first-order chi connectivity index (χ1) is 7.80. The third-order valence-corrected chi connectivity index (χ3v) is 1.63. The third-order valence-electron chi connectivity index (χ3n) is 1.63. The SMILES string of the molecule is CCNc1nc(OC)nc(OCCOC)n1. The molecule has 90 valence electrons. The Kier molecular flexibility index (Phi) is 5.27. The highest BCUT2D eigenvalue weighted by Crippen LogP contribution is 2.12. The molecule has 1 heterocycles. The molecule has 0 aliphatic rings. The van der Waals surface area contributed by atoms with Crippen LogP contribution in [0, 0.1) is 0 Å². The van der Waals surface area contributed by atoms with Crippen LogP contribution in [0.5, 0.6) is 12.0 Å². The van der Waals surface area contributed by atoms with Crippen LogP contribution in [0.3, 0.4) is 0 Å². The van der Waals surface area contributed by atoms with E-state index in [0.29, 0.717) is 25.7 Å². The van der Waals surface area contributed by atoms with Gasteiger partial charge in [-0.2, -0.15) is 9.97 Å². The molecule has 0 bridgehead atoms. The predicted molar refractivity (Wildman–Crippen MR) is 57.9 cm³/mol. The predicted octanol–water partition coefficient (Wildman–Crippen LogP) is 0.337. The second-order valence-electron chi connectivity index (χ2n) is 2.80. The molecule has 0 aromatic carbocycles. The van der Waals surface area contributed by atoms with Crippen LogP contribution in [-0.2, 0) is 4.74 Å². The summed E-state index contributed by atoms with van der Waals surface area (Å²) in [6.45, 7) is 3.52. The van der Waals surface area contributed by atoms with Crippen LogP contribution in [0.1, 0.15) is 6.92 Å². The van der Waals surface area contributed by atoms with E-state index in [1.54, 1.807) is 7.11 Å². The topological polar surface area (TPSA) is 78.4 Å². The normalized spacial score (nSPS) is 9.94. The summed E-state index contributed by atoms with van der Waals surface area (Å²) >= 11 is 0. The maximum atomic E-state index is 5.27. The van der Waals surface area contributed by atoms with Gasteiger partial charge in [-0.15, -0.1) is 4.98 Å². The minimum absolute atomic E-state index is 0.221. The monoisotopic (exact) mass is 228 g/mol. The minimum atomic E-state index is 0.221. The highest BCUT2D eigenvalue weighted by molar-refractivity contribution is 5.26. The number of hydrogen-bond donors (Lipinski definition) is 1. The van der Waals surface area contributed by atoms with Crippen molar-refractivity contribution in [3.05, 3.63) is 0 Å². The number of rotatable bonds is 7. The van der Waals surface area contributed by atoms with Gasteiger partial charge in [0.2, 0.25) is 5.95 Å². The van der Waals surface area contributed by atoms with E-state index in [1.807, 2.05) is 6.92 Å². The van der Waals surface area contributed by atoms with E-state index in [0.717, 1.165) is 0 Å². The lowest BCUT2D eigenvalue weighted by atomic mass is 10.7. The fourth-order valence-electron chi connectivity index (χ4n) is 0.947. The van der Waals surface area contributed by atoms with Crippen molar-refractivity contribution in [2.24, 2.45) is 0 Å². The Balaban J connectivity index is 2.69. The zero-order chi connectivity index (χ0) is 11.8. The molecule has 0 aliphatic carbocycles. The third kappa shape index (κ3) is 3.85. The van der Waals surface area contributed by atoms with Gasteiger partial charge >= 0.3 is 12.0 Å². The van der Waals surface area contributed by atoms with Crippen molar-refractivity contribution in [3.63, 3.8) is 0 Å². The highest BCUT2D eigenvalue weighted by Gasteiger charge is 2.06. The second-order valence-corrected chi connectivity index (χ2v) is 2.80. The summed E-state index contributed by atoms with van der Waals surface area (Å²) in [5, 5.41) is 2.96. The number of anilines is 1. The first-order valence-electron chi connectivity index (χ1n) is 4.95. The van der Waals surface area contributed by atoms with Crippen molar-refractivity contribution < 1.29 is 14.2 Å². The lowest BCUT2D eigenvalue weighted by molar-refractivity contribution is 0.140. The van der Waals surface area contributed by atoms with Gasteiger partial charge in [-0.05, 0) is 6.92 Å². The number of hydrogen-bond acceptors (Lipinski definition) is 7. The first-order valence-corrected chi connectivity index (χ1v) is 4.95. The standard InChI is InChI=1S/C9H16N4O3/c1-4-10-7-11-8(15-3)13-9(12-7)16-6-5-14-2/h4-6H2,1-3H3,(H,10,11,12,13). The van der Waals surface area contributed by atoms with E-state index < -0.39 is 0 Å². The van der Waals surface area contributed by atoms with Crippen molar-refractivity contribution in [1.29, 1.82) is 0 Å². The number of methoxy groups -OCH3 is 2. The lowest BCUT2D eigenvalue weighted by Crippen LogP contribution is -2.10. The van der Waals surface area contributed by atoms with E-state index in [1.165, 1.54) is 7.11 Å². The van der Waals surface area contributed by atoms with E-state index in [-0.39, 0.29) is 12.0 Å². The molecular formula is C9H16N4O3. The van der Waals surface area contributed by atoms with E-state index in [4.69, 9.17) is 14.2 Å². The van der Waals surface area contributed by atoms with Crippen molar-refractivity contribution in [2.75, 3.05) is 39.3 Å². The Hall–Kier alpha value is -1.63. The molecule has 0 amide bonds. The van der Waals surface area contributed by atoms with Gasteiger partial charge < -0.3 is 19.5 Å². The summed E-state index contributed by atoms with van der Waals surface area (Å²) < 4.78 is 15.1. The number of nitrogens with zero attached hydrogens (tertiary/aromatic N) is 3. The molecule has 0 aliphatic heterocycles. The van der Waals surface area contributed by atoms with Gasteiger partial charge in [0, 0.05) is 13.7 Å². The average Bonchev–Trinajstić information content (AvgIpc) is 2.29. The van der Waals surface area contributed by atoms with Crippen molar-refractivity contribution in [3.8, 4) is 12.0 Å². The van der Waals surface area contributed by atoms with Crippen LogP contribution in [0.4, 0.5) is 5.95 Å². The maximum Gasteiger partial charge on any atom is 0.324 e. The summed E-state index contributed by atoms with van der Waals surface area (Å²) in [4.78, 5) is 12.0. The average molecular weight is 228 g/mol. The van der Waals surface area contributed by atoms with E-state index in [9.17, 15) is 0 Å². The maximum absolute atomic E-state index is 5.27. The molecule has 0 saturated carbocycles. The summed E-state index contributed by atoms with van der Waals surface area (Å²) in [7, 11) is 3.09. The van der Waals surface area contributed by atoms with E-state index >= 15 is 0 Å². The Morgan fingerprint density at radius 3 is 2.44 bits per heavy atom. The zero-order valence-corrected chi connectivity index (χ0v) is 9.69. The van der Waals surface area contributed by atoms with Gasteiger partial charge in [-0.3, -0.25) is 0 Å². The second kappa shape index (κ2) is 6.78. The van der Waals surface area contributed by atoms with Crippen molar-refractivity contribution in [2.45, 2.75) is 6.92 Å². The molecule has 0 radical (unpaired) electrons. The lowest BCUT2D eigenvalue weighted by Gasteiger charge is -2.07. The van der Waals surface area contributed by atoms with Gasteiger partial charge in [0.25, 0.3) is 0 Å². The van der Waals surface area contributed by atoms with Crippen LogP contribution in [0.25, 0.3) is 0 Å². The Bertz CT molecular complexity index is 322. The van der Waals surface area contributed by atoms with Gasteiger partial charge in [0.1, 0.15) is 6.61 Å². The van der Waals surface area contributed by atoms with Crippen LogP contribution in [0.2, 0.25) is 0 Å². The van der Waals surface area contributed by atoms with E-state index in [2.05, 4.69) is 20.3 Å². The molecular weight excluding hydrogens is 212 g/mol. The van der Waals surface area contributed by atoms with Gasteiger partial charge in [-0.1, -0.05) is 0 Å². The molecule has 0 atom stereocenters. The summed E-state index contributed by atoms with van der Waals surface area (Å²) in [6.07, 6.45) is 0. The molecule has 0 spiro atoms. The van der Waals surface area contributed by atoms with Crippen LogP contribution >= 0.6 is 0 Å². The van der Waals surface area contributed by atoms with Crippen molar-refractivity contribution in [1.82, 2.24) is 15.0 Å². The summed E-state index contributed by atoms with van der Waals surface area (Å²) in [5.41, 5.74) is 0. The van der Waals surface area contributed by atoms with Crippen LogP contribution < -0.4 is 14.8 Å². The fourth-order valence-corrected chi connectivity index (χ4v) is 0.947. The van der Waals surface area contributed by atoms with Crippen LogP contribution in [0.15, 0.2) is 0 Å².